The standard InChI is InChI=1S/C21H36O4S.Na/c1-4-6-8-10-13-19-14-12-16-21(20(19)15-11-9-7-5-2)25-17-18(3)26(22,23)24;/h12,14,16,18H,4-11,13,15,17H2,1-3H3,(H,22,23,24);/q;+1/p-1. The third-order valence-electron chi connectivity index (χ3n) is 4.78. The van der Waals surface area contributed by atoms with Crippen molar-refractivity contribution in [3.8, 4) is 5.75 Å². The number of rotatable bonds is 14. The average molecular weight is 407 g/mol. The number of hydrogen-bond donors (Lipinski definition) is 0. The Bertz CT molecular complexity index is 617. The summed E-state index contributed by atoms with van der Waals surface area (Å²) < 4.78 is 39.1. The number of aryl methyl sites for hydroxylation is 1. The molecular formula is C21H35NaO4S. The van der Waals surface area contributed by atoms with Gasteiger partial charge in [-0.2, -0.15) is 0 Å². The molecule has 1 unspecified atom stereocenters. The smallest absolute Gasteiger partial charge is 0.748 e. The van der Waals surface area contributed by atoms with E-state index in [9.17, 15) is 13.0 Å². The fourth-order valence-electron chi connectivity index (χ4n) is 3.03. The van der Waals surface area contributed by atoms with E-state index in [1.807, 2.05) is 12.1 Å². The summed E-state index contributed by atoms with van der Waals surface area (Å²) in [6.45, 7) is 5.71. The van der Waals surface area contributed by atoms with Gasteiger partial charge in [-0.1, -0.05) is 64.5 Å². The summed E-state index contributed by atoms with van der Waals surface area (Å²) in [6, 6.07) is 6.02. The zero-order chi connectivity index (χ0) is 19.4. The van der Waals surface area contributed by atoms with Crippen LogP contribution in [0.25, 0.3) is 0 Å². The van der Waals surface area contributed by atoms with Gasteiger partial charge in [0, 0.05) is 0 Å². The molecule has 0 saturated carbocycles. The molecule has 0 aromatic heterocycles. The zero-order valence-electron chi connectivity index (χ0n) is 17.6. The number of benzene rings is 1. The first kappa shape index (κ1) is 26.9. The van der Waals surface area contributed by atoms with Gasteiger partial charge in [0.15, 0.2) is 0 Å². The number of unbranched alkanes of at least 4 members (excludes halogenated alkanes) is 6. The van der Waals surface area contributed by atoms with E-state index < -0.39 is 15.4 Å². The van der Waals surface area contributed by atoms with Crippen LogP contribution in [0.4, 0.5) is 0 Å². The SMILES string of the molecule is CCCCCCc1cccc(OCC(C)S(=O)(=O)[O-])c1CCCCCC.[Na+]. The van der Waals surface area contributed by atoms with Crippen LogP contribution in [0.15, 0.2) is 18.2 Å². The third kappa shape index (κ3) is 10.9. The first-order valence-corrected chi connectivity index (χ1v) is 11.6. The molecule has 1 aromatic carbocycles. The Hall–Kier alpha value is -0.0700. The molecule has 0 bridgehead atoms. The van der Waals surface area contributed by atoms with E-state index >= 15 is 0 Å². The predicted molar refractivity (Wildman–Crippen MR) is 107 cm³/mol. The normalized spacial score (nSPS) is 12.4. The van der Waals surface area contributed by atoms with Crippen LogP contribution in [0.1, 0.15) is 83.3 Å². The molecule has 0 amide bonds. The van der Waals surface area contributed by atoms with Crippen molar-refractivity contribution >= 4 is 10.1 Å². The molecule has 0 N–H and O–H groups in total. The summed E-state index contributed by atoms with van der Waals surface area (Å²) in [4.78, 5) is 0. The molecule has 6 heteroatoms. The van der Waals surface area contributed by atoms with Crippen molar-refractivity contribution in [2.24, 2.45) is 0 Å². The molecule has 1 atom stereocenters. The van der Waals surface area contributed by atoms with Crippen molar-refractivity contribution in [3.05, 3.63) is 29.3 Å². The van der Waals surface area contributed by atoms with Crippen LogP contribution in [0, 0.1) is 0 Å². The molecule has 27 heavy (non-hydrogen) atoms. The Labute approximate surface area is 188 Å². The summed E-state index contributed by atoms with van der Waals surface area (Å²) in [7, 11) is -4.32. The summed E-state index contributed by atoms with van der Waals surface area (Å²) in [6.07, 6.45) is 11.5. The van der Waals surface area contributed by atoms with Gasteiger partial charge in [0.2, 0.25) is 0 Å². The monoisotopic (exact) mass is 406 g/mol. The largest absolute Gasteiger partial charge is 1.00 e. The molecule has 0 spiro atoms. The second kappa shape index (κ2) is 14.9. The van der Waals surface area contributed by atoms with Crippen molar-refractivity contribution in [2.45, 2.75) is 90.2 Å². The van der Waals surface area contributed by atoms with Crippen LogP contribution in [-0.4, -0.2) is 24.8 Å². The molecule has 0 saturated heterocycles. The molecule has 0 fully saturated rings. The van der Waals surface area contributed by atoms with Gasteiger partial charge in [0.1, 0.15) is 22.5 Å². The van der Waals surface area contributed by atoms with Crippen LogP contribution in [0.3, 0.4) is 0 Å². The maximum absolute atomic E-state index is 11.1. The Morgan fingerprint density at radius 2 is 1.56 bits per heavy atom. The van der Waals surface area contributed by atoms with E-state index in [4.69, 9.17) is 4.74 Å². The summed E-state index contributed by atoms with van der Waals surface area (Å²) in [5.41, 5.74) is 2.49. The second-order valence-electron chi connectivity index (χ2n) is 7.13. The first-order valence-electron chi connectivity index (χ1n) is 10.1. The van der Waals surface area contributed by atoms with E-state index in [0.29, 0.717) is 0 Å². The van der Waals surface area contributed by atoms with E-state index in [-0.39, 0.29) is 36.2 Å². The van der Waals surface area contributed by atoms with Gasteiger partial charge in [0.05, 0.1) is 5.25 Å². The molecule has 1 rings (SSSR count). The topological polar surface area (TPSA) is 66.4 Å². The summed E-state index contributed by atoms with van der Waals surface area (Å²) in [5.74, 6) is 0.741. The third-order valence-corrected chi connectivity index (χ3v) is 5.90. The molecule has 150 valence electrons. The van der Waals surface area contributed by atoms with Crippen molar-refractivity contribution in [1.29, 1.82) is 0 Å². The minimum atomic E-state index is -4.32. The number of hydrogen-bond acceptors (Lipinski definition) is 4. The van der Waals surface area contributed by atoms with Crippen LogP contribution in [-0.2, 0) is 23.0 Å². The minimum Gasteiger partial charge on any atom is -0.748 e. The van der Waals surface area contributed by atoms with Crippen molar-refractivity contribution in [1.82, 2.24) is 0 Å². The Balaban J connectivity index is 0.00000676. The van der Waals surface area contributed by atoms with Gasteiger partial charge in [-0.05, 0) is 49.8 Å². The van der Waals surface area contributed by atoms with Gasteiger partial charge in [-0.15, -0.1) is 0 Å². The zero-order valence-corrected chi connectivity index (χ0v) is 20.4. The molecule has 4 nitrogen and oxygen atoms in total. The molecule has 0 aliphatic heterocycles. The van der Waals surface area contributed by atoms with Crippen molar-refractivity contribution in [2.75, 3.05) is 6.61 Å². The van der Waals surface area contributed by atoms with E-state index in [1.165, 1.54) is 56.6 Å². The maximum Gasteiger partial charge on any atom is 1.00 e. The van der Waals surface area contributed by atoms with Crippen molar-refractivity contribution < 1.29 is 47.3 Å². The first-order chi connectivity index (χ1) is 12.4. The van der Waals surface area contributed by atoms with Crippen molar-refractivity contribution in [3.63, 3.8) is 0 Å². The summed E-state index contributed by atoms with van der Waals surface area (Å²) in [5, 5.41) is -1.04. The molecular weight excluding hydrogens is 371 g/mol. The fourth-order valence-corrected chi connectivity index (χ4v) is 3.26. The Morgan fingerprint density at radius 3 is 2.11 bits per heavy atom. The molecule has 0 aliphatic carbocycles. The van der Waals surface area contributed by atoms with Gasteiger partial charge < -0.3 is 9.29 Å². The van der Waals surface area contributed by atoms with E-state index in [0.717, 1.165) is 31.4 Å². The van der Waals surface area contributed by atoms with Crippen LogP contribution >= 0.6 is 0 Å². The molecule has 0 heterocycles. The van der Waals surface area contributed by atoms with E-state index in [2.05, 4.69) is 19.9 Å². The van der Waals surface area contributed by atoms with Gasteiger partial charge in [-0.3, -0.25) is 0 Å². The van der Waals surface area contributed by atoms with Gasteiger partial charge in [-0.25, -0.2) is 8.42 Å². The number of ether oxygens (including phenoxy) is 1. The second-order valence-corrected chi connectivity index (χ2v) is 8.92. The summed E-state index contributed by atoms with van der Waals surface area (Å²) >= 11 is 0. The minimum absolute atomic E-state index is 0. The molecule has 0 aliphatic rings. The van der Waals surface area contributed by atoms with Crippen LogP contribution in [0.2, 0.25) is 0 Å². The molecule has 1 aromatic rings. The Kier molecular flexibility index (Phi) is 14.8. The van der Waals surface area contributed by atoms with Gasteiger partial charge in [0.25, 0.3) is 0 Å². The maximum atomic E-state index is 11.1. The van der Waals surface area contributed by atoms with Crippen LogP contribution < -0.4 is 34.3 Å². The quantitative estimate of drug-likeness (QED) is 0.270. The predicted octanol–water partition coefficient (Wildman–Crippen LogP) is 2.25. The van der Waals surface area contributed by atoms with E-state index in [1.54, 1.807) is 0 Å². The van der Waals surface area contributed by atoms with Crippen LogP contribution in [0.5, 0.6) is 5.75 Å². The fraction of sp³-hybridized carbons (Fsp3) is 0.714. The van der Waals surface area contributed by atoms with Gasteiger partial charge >= 0.3 is 29.6 Å². The molecule has 0 radical (unpaired) electrons. The average Bonchev–Trinajstić information content (AvgIpc) is 2.60. The Morgan fingerprint density at radius 1 is 0.963 bits per heavy atom.